The van der Waals surface area contributed by atoms with Gasteiger partial charge in [-0.15, -0.1) is 0 Å². The van der Waals surface area contributed by atoms with Crippen molar-refractivity contribution in [2.24, 2.45) is 11.7 Å². The summed E-state index contributed by atoms with van der Waals surface area (Å²) in [5.74, 6) is -2.59. The van der Waals surface area contributed by atoms with Gasteiger partial charge in [0.15, 0.2) is 18.1 Å². The van der Waals surface area contributed by atoms with E-state index in [9.17, 15) is 14.4 Å². The van der Waals surface area contributed by atoms with Crippen molar-refractivity contribution in [2.45, 2.75) is 19.9 Å². The summed E-state index contributed by atoms with van der Waals surface area (Å²) >= 11 is 6.05. The fraction of sp³-hybridized carbons (Fsp3) is 0.400. The molecule has 8 nitrogen and oxygen atoms in total. The van der Waals surface area contributed by atoms with E-state index in [0.717, 1.165) is 0 Å². The molecule has 0 saturated carbocycles. The molecular weight excluding hydrogens is 340 g/mol. The van der Waals surface area contributed by atoms with Crippen molar-refractivity contribution < 1.29 is 29.0 Å². The lowest BCUT2D eigenvalue weighted by molar-refractivity contribution is -0.140. The van der Waals surface area contributed by atoms with Crippen LogP contribution in [0.2, 0.25) is 5.02 Å². The molecule has 0 heterocycles. The van der Waals surface area contributed by atoms with Gasteiger partial charge in [-0.2, -0.15) is 0 Å². The monoisotopic (exact) mass is 358 g/mol. The number of amides is 2. The molecule has 24 heavy (non-hydrogen) atoms. The number of nitrogens with one attached hydrogen (secondary N) is 1. The molecule has 0 radical (unpaired) electrons. The topological polar surface area (TPSA) is 128 Å². The van der Waals surface area contributed by atoms with Gasteiger partial charge in [-0.1, -0.05) is 25.4 Å². The summed E-state index contributed by atoms with van der Waals surface area (Å²) in [6.07, 6.45) is 0. The van der Waals surface area contributed by atoms with Crippen molar-refractivity contribution in [3.05, 3.63) is 22.7 Å². The maximum Gasteiger partial charge on any atom is 0.326 e. The number of primary amides is 1. The number of benzene rings is 1. The van der Waals surface area contributed by atoms with Gasteiger partial charge in [0, 0.05) is 5.56 Å². The third kappa shape index (κ3) is 5.02. The molecular formula is C15H19ClN2O6. The van der Waals surface area contributed by atoms with Crippen molar-refractivity contribution >= 4 is 29.4 Å². The number of halogens is 1. The van der Waals surface area contributed by atoms with E-state index in [4.69, 9.17) is 31.9 Å². The second kappa shape index (κ2) is 8.39. The Balaban J connectivity index is 3.08. The van der Waals surface area contributed by atoms with Crippen LogP contribution in [0, 0.1) is 5.92 Å². The first-order valence-corrected chi connectivity index (χ1v) is 7.37. The number of nitrogens with two attached hydrogens (primary N) is 1. The standard InChI is InChI=1S/C15H19ClN2O6/c1-7(2)12(15(21)22)18-14(20)8-4-9(16)13(10(5-8)23-3)24-6-11(17)19/h4-5,7,12H,6H2,1-3H3,(H2,17,19)(H,18,20)(H,21,22)/t12-/m0/s1. The zero-order valence-electron chi connectivity index (χ0n) is 13.5. The highest BCUT2D eigenvalue weighted by Crippen LogP contribution is 2.36. The predicted molar refractivity (Wildman–Crippen MR) is 86.4 cm³/mol. The van der Waals surface area contributed by atoms with E-state index in [1.54, 1.807) is 13.8 Å². The normalized spacial score (nSPS) is 11.7. The first-order chi connectivity index (χ1) is 11.2. The number of carbonyl (C=O) groups is 3. The molecule has 1 aromatic carbocycles. The first-order valence-electron chi connectivity index (χ1n) is 6.99. The smallest absolute Gasteiger partial charge is 0.326 e. The number of methoxy groups -OCH3 is 1. The quantitative estimate of drug-likeness (QED) is 0.637. The van der Waals surface area contributed by atoms with Crippen LogP contribution < -0.4 is 20.5 Å². The van der Waals surface area contributed by atoms with Crippen LogP contribution in [0.4, 0.5) is 0 Å². The maximum absolute atomic E-state index is 12.3. The molecule has 1 atom stereocenters. The molecule has 0 bridgehead atoms. The van der Waals surface area contributed by atoms with Crippen LogP contribution in [0.5, 0.6) is 11.5 Å². The van der Waals surface area contributed by atoms with Crippen molar-refractivity contribution in [1.82, 2.24) is 5.32 Å². The molecule has 0 fully saturated rings. The van der Waals surface area contributed by atoms with Crippen LogP contribution in [0.1, 0.15) is 24.2 Å². The number of hydrogen-bond donors (Lipinski definition) is 3. The van der Waals surface area contributed by atoms with Gasteiger partial charge in [0.2, 0.25) is 0 Å². The molecule has 0 aromatic heterocycles. The second-order valence-electron chi connectivity index (χ2n) is 5.28. The number of carboxylic acid groups (broad SMARTS) is 1. The summed E-state index contributed by atoms with van der Waals surface area (Å²) in [7, 11) is 1.33. The van der Waals surface area contributed by atoms with Crippen molar-refractivity contribution in [3.63, 3.8) is 0 Å². The van der Waals surface area contributed by atoms with E-state index in [1.807, 2.05) is 0 Å². The van der Waals surface area contributed by atoms with Crippen LogP contribution in [-0.4, -0.2) is 42.6 Å². The van der Waals surface area contributed by atoms with Gasteiger partial charge in [-0.25, -0.2) is 4.79 Å². The average Bonchev–Trinajstić information content (AvgIpc) is 2.49. The van der Waals surface area contributed by atoms with E-state index in [0.29, 0.717) is 0 Å². The first kappa shape index (κ1) is 19.6. The fourth-order valence-electron chi connectivity index (χ4n) is 1.87. The molecule has 0 aliphatic heterocycles. The van der Waals surface area contributed by atoms with Gasteiger partial charge >= 0.3 is 5.97 Å². The third-order valence-corrected chi connectivity index (χ3v) is 3.35. The van der Waals surface area contributed by atoms with Crippen molar-refractivity contribution in [3.8, 4) is 11.5 Å². The Morgan fingerprint density at radius 2 is 1.96 bits per heavy atom. The largest absolute Gasteiger partial charge is 0.493 e. The predicted octanol–water partition coefficient (Wildman–Crippen LogP) is 1.05. The lowest BCUT2D eigenvalue weighted by Crippen LogP contribution is -2.44. The number of rotatable bonds is 8. The van der Waals surface area contributed by atoms with Gasteiger partial charge in [0.1, 0.15) is 6.04 Å². The van der Waals surface area contributed by atoms with Gasteiger partial charge in [0.05, 0.1) is 12.1 Å². The fourth-order valence-corrected chi connectivity index (χ4v) is 2.14. The highest BCUT2D eigenvalue weighted by molar-refractivity contribution is 6.32. The molecule has 132 valence electrons. The van der Waals surface area contributed by atoms with Crippen molar-refractivity contribution in [2.75, 3.05) is 13.7 Å². The minimum absolute atomic E-state index is 0.0252. The van der Waals surface area contributed by atoms with E-state index in [-0.39, 0.29) is 28.0 Å². The maximum atomic E-state index is 12.3. The summed E-state index contributed by atoms with van der Waals surface area (Å²) < 4.78 is 10.2. The van der Waals surface area contributed by atoms with Crippen LogP contribution in [-0.2, 0) is 9.59 Å². The summed E-state index contributed by atoms with van der Waals surface area (Å²) in [5, 5.41) is 11.6. The molecule has 2 amide bonds. The molecule has 0 aliphatic rings. The van der Waals surface area contributed by atoms with E-state index in [1.165, 1.54) is 19.2 Å². The molecule has 0 unspecified atom stereocenters. The Bertz CT molecular complexity index is 647. The lowest BCUT2D eigenvalue weighted by atomic mass is 10.0. The van der Waals surface area contributed by atoms with Crippen LogP contribution in [0.15, 0.2) is 12.1 Å². The number of ether oxygens (including phenoxy) is 2. The van der Waals surface area contributed by atoms with E-state index < -0.39 is 30.4 Å². The molecule has 1 aromatic rings. The molecule has 4 N–H and O–H groups in total. The van der Waals surface area contributed by atoms with E-state index in [2.05, 4.69) is 5.32 Å². The van der Waals surface area contributed by atoms with Crippen molar-refractivity contribution in [1.29, 1.82) is 0 Å². The Morgan fingerprint density at radius 3 is 2.42 bits per heavy atom. The second-order valence-corrected chi connectivity index (χ2v) is 5.69. The lowest BCUT2D eigenvalue weighted by Gasteiger charge is -2.19. The number of carbonyl (C=O) groups excluding carboxylic acids is 2. The minimum Gasteiger partial charge on any atom is -0.493 e. The molecule has 0 saturated heterocycles. The summed E-state index contributed by atoms with van der Waals surface area (Å²) in [6, 6.07) is 1.57. The minimum atomic E-state index is -1.14. The highest BCUT2D eigenvalue weighted by Gasteiger charge is 2.25. The van der Waals surface area contributed by atoms with Crippen LogP contribution >= 0.6 is 11.6 Å². The summed E-state index contributed by atoms with van der Waals surface area (Å²) in [5.41, 5.74) is 5.10. The molecule has 0 spiro atoms. The average molecular weight is 359 g/mol. The zero-order valence-corrected chi connectivity index (χ0v) is 14.2. The SMILES string of the molecule is COc1cc(C(=O)N[C@H](C(=O)O)C(C)C)cc(Cl)c1OCC(N)=O. The van der Waals surface area contributed by atoms with E-state index >= 15 is 0 Å². The van der Waals surface area contributed by atoms with Gasteiger partial charge in [-0.3, -0.25) is 9.59 Å². The summed E-state index contributed by atoms with van der Waals surface area (Å²) in [4.78, 5) is 34.2. The van der Waals surface area contributed by atoms with Crippen LogP contribution in [0.3, 0.4) is 0 Å². The zero-order chi connectivity index (χ0) is 18.4. The Labute approximate surface area is 143 Å². The Morgan fingerprint density at radius 1 is 1.33 bits per heavy atom. The third-order valence-electron chi connectivity index (χ3n) is 3.07. The number of hydrogen-bond acceptors (Lipinski definition) is 5. The molecule has 0 aliphatic carbocycles. The highest BCUT2D eigenvalue weighted by atomic mass is 35.5. The van der Waals surface area contributed by atoms with Crippen LogP contribution in [0.25, 0.3) is 0 Å². The molecule has 9 heteroatoms. The number of carboxylic acids is 1. The Hall–Kier alpha value is -2.48. The molecule has 1 rings (SSSR count). The van der Waals surface area contributed by atoms with Gasteiger partial charge < -0.3 is 25.6 Å². The van der Waals surface area contributed by atoms with Gasteiger partial charge in [-0.05, 0) is 18.1 Å². The summed E-state index contributed by atoms with van der Waals surface area (Å²) in [6.45, 7) is 2.94. The van der Waals surface area contributed by atoms with Gasteiger partial charge in [0.25, 0.3) is 11.8 Å². The Kier molecular flexibility index (Phi) is 6.84. The number of aliphatic carboxylic acids is 1.